The molecule has 0 radical (unpaired) electrons. The van der Waals surface area contributed by atoms with Gasteiger partial charge in [-0.05, 0) is 19.1 Å². The number of aromatic amines is 1. The standard InChI is InChI=1S/C9H8FNO2S/c1-2-13-9(12)6-3-5-4-7(10)14-8(5)11-6/h3-4,11H,2H2,1H3. The monoisotopic (exact) mass is 213 g/mol. The predicted molar refractivity (Wildman–Crippen MR) is 52.1 cm³/mol. The second-order valence-electron chi connectivity index (χ2n) is 2.74. The smallest absolute Gasteiger partial charge is 0.354 e. The molecule has 2 heterocycles. The lowest BCUT2D eigenvalue weighted by Crippen LogP contribution is -2.04. The van der Waals surface area contributed by atoms with Crippen LogP contribution in [0.2, 0.25) is 0 Å². The maximum Gasteiger partial charge on any atom is 0.354 e. The fraction of sp³-hybridized carbons (Fsp3) is 0.222. The average Bonchev–Trinajstić information content (AvgIpc) is 2.61. The van der Waals surface area contributed by atoms with E-state index in [1.165, 1.54) is 6.07 Å². The van der Waals surface area contributed by atoms with E-state index in [9.17, 15) is 9.18 Å². The Bertz CT molecular complexity index is 443. The van der Waals surface area contributed by atoms with Crippen LogP contribution in [0.15, 0.2) is 12.1 Å². The number of aromatic nitrogens is 1. The van der Waals surface area contributed by atoms with Crippen molar-refractivity contribution in [3.63, 3.8) is 0 Å². The van der Waals surface area contributed by atoms with Crippen molar-refractivity contribution in [3.8, 4) is 0 Å². The summed E-state index contributed by atoms with van der Waals surface area (Å²) in [5, 5.41) is 0.442. The molecule has 0 aliphatic heterocycles. The zero-order chi connectivity index (χ0) is 10.1. The van der Waals surface area contributed by atoms with Crippen LogP contribution < -0.4 is 0 Å². The second-order valence-corrected chi connectivity index (χ2v) is 3.74. The van der Waals surface area contributed by atoms with Gasteiger partial charge in [0.25, 0.3) is 0 Å². The van der Waals surface area contributed by atoms with Crippen molar-refractivity contribution >= 4 is 27.5 Å². The first-order chi connectivity index (χ1) is 6.70. The number of fused-ring (bicyclic) bond motifs is 1. The number of H-pyrrole nitrogens is 1. The highest BCUT2D eigenvalue weighted by Crippen LogP contribution is 2.24. The Labute approximate surface area is 83.5 Å². The van der Waals surface area contributed by atoms with E-state index in [0.29, 0.717) is 22.5 Å². The van der Waals surface area contributed by atoms with Crippen LogP contribution in [0.3, 0.4) is 0 Å². The fourth-order valence-electron chi connectivity index (χ4n) is 1.21. The summed E-state index contributed by atoms with van der Waals surface area (Å²) < 4.78 is 17.5. The highest BCUT2D eigenvalue weighted by molar-refractivity contribution is 7.17. The summed E-state index contributed by atoms with van der Waals surface area (Å²) in [4.78, 5) is 14.7. The maximum atomic E-state index is 12.7. The number of ether oxygens (including phenoxy) is 1. The third-order valence-electron chi connectivity index (χ3n) is 1.77. The van der Waals surface area contributed by atoms with Gasteiger partial charge in [0.05, 0.1) is 6.61 Å². The largest absolute Gasteiger partial charge is 0.461 e. The van der Waals surface area contributed by atoms with Crippen LogP contribution in [-0.2, 0) is 4.74 Å². The van der Waals surface area contributed by atoms with Crippen LogP contribution in [0.5, 0.6) is 0 Å². The third-order valence-corrected chi connectivity index (χ3v) is 2.63. The Hall–Kier alpha value is -1.36. The molecule has 0 bridgehead atoms. The molecule has 0 fully saturated rings. The number of rotatable bonds is 2. The van der Waals surface area contributed by atoms with Crippen LogP contribution in [0, 0.1) is 5.13 Å². The minimum atomic E-state index is -0.406. The Kier molecular flexibility index (Phi) is 2.25. The van der Waals surface area contributed by atoms with E-state index in [1.807, 2.05) is 0 Å². The highest BCUT2D eigenvalue weighted by atomic mass is 32.1. The quantitative estimate of drug-likeness (QED) is 0.779. The van der Waals surface area contributed by atoms with E-state index in [-0.39, 0.29) is 5.13 Å². The zero-order valence-electron chi connectivity index (χ0n) is 7.46. The van der Waals surface area contributed by atoms with Crippen LogP contribution in [0.25, 0.3) is 10.2 Å². The minimum absolute atomic E-state index is 0.262. The van der Waals surface area contributed by atoms with Crippen LogP contribution >= 0.6 is 11.3 Å². The summed E-state index contributed by atoms with van der Waals surface area (Å²) in [5.41, 5.74) is 0.369. The summed E-state index contributed by atoms with van der Waals surface area (Å²) in [6, 6.07) is 2.98. The lowest BCUT2D eigenvalue weighted by molar-refractivity contribution is 0.0520. The SMILES string of the molecule is CCOC(=O)c1cc2cc(F)sc2[nH]1. The van der Waals surface area contributed by atoms with Gasteiger partial charge in [0.15, 0.2) is 5.13 Å². The Morgan fingerprint density at radius 3 is 3.07 bits per heavy atom. The van der Waals surface area contributed by atoms with Gasteiger partial charge in [-0.3, -0.25) is 0 Å². The summed E-state index contributed by atoms with van der Waals surface area (Å²) >= 11 is 0.978. The van der Waals surface area contributed by atoms with E-state index in [1.54, 1.807) is 13.0 Å². The molecule has 0 aliphatic carbocycles. The van der Waals surface area contributed by atoms with Crippen molar-refractivity contribution in [1.29, 1.82) is 0 Å². The summed E-state index contributed by atoms with van der Waals surface area (Å²) in [5.74, 6) is -0.406. The lowest BCUT2D eigenvalue weighted by Gasteiger charge is -1.96. The first kappa shape index (κ1) is 9.21. The van der Waals surface area contributed by atoms with Gasteiger partial charge in [-0.25, -0.2) is 4.79 Å². The molecule has 0 spiro atoms. The average molecular weight is 213 g/mol. The molecule has 3 nitrogen and oxygen atoms in total. The summed E-state index contributed by atoms with van der Waals surface area (Å²) in [6.07, 6.45) is 0. The van der Waals surface area contributed by atoms with E-state index < -0.39 is 5.97 Å². The molecule has 0 saturated carbocycles. The number of esters is 1. The van der Waals surface area contributed by atoms with E-state index in [2.05, 4.69) is 4.98 Å². The van der Waals surface area contributed by atoms with E-state index in [0.717, 1.165) is 11.3 Å². The van der Waals surface area contributed by atoms with Gasteiger partial charge in [0, 0.05) is 5.39 Å². The van der Waals surface area contributed by atoms with Crippen molar-refractivity contribution in [1.82, 2.24) is 4.98 Å². The summed E-state index contributed by atoms with van der Waals surface area (Å²) in [6.45, 7) is 2.07. The fourth-order valence-corrected chi connectivity index (χ4v) is 1.99. The van der Waals surface area contributed by atoms with Gasteiger partial charge >= 0.3 is 5.97 Å². The minimum Gasteiger partial charge on any atom is -0.461 e. The molecule has 0 aliphatic rings. The third kappa shape index (κ3) is 1.50. The molecule has 74 valence electrons. The number of hydrogen-bond donors (Lipinski definition) is 1. The lowest BCUT2D eigenvalue weighted by atomic mass is 10.3. The first-order valence-corrected chi connectivity index (χ1v) is 4.97. The van der Waals surface area contributed by atoms with Gasteiger partial charge in [-0.1, -0.05) is 11.3 Å². The molecule has 2 aromatic rings. The molecule has 0 atom stereocenters. The van der Waals surface area contributed by atoms with Crippen molar-refractivity contribution in [2.45, 2.75) is 6.92 Å². The molecule has 0 amide bonds. The number of nitrogens with one attached hydrogen (secondary N) is 1. The highest BCUT2D eigenvalue weighted by Gasteiger charge is 2.12. The van der Waals surface area contributed by atoms with Crippen molar-refractivity contribution < 1.29 is 13.9 Å². The Morgan fingerprint density at radius 2 is 2.43 bits per heavy atom. The Morgan fingerprint density at radius 1 is 1.64 bits per heavy atom. The Balaban J connectivity index is 2.36. The van der Waals surface area contributed by atoms with E-state index in [4.69, 9.17) is 4.74 Å². The number of hydrogen-bond acceptors (Lipinski definition) is 3. The zero-order valence-corrected chi connectivity index (χ0v) is 8.28. The van der Waals surface area contributed by atoms with Crippen LogP contribution in [0.4, 0.5) is 4.39 Å². The number of thiophene rings is 1. The van der Waals surface area contributed by atoms with Crippen molar-refractivity contribution in [2.75, 3.05) is 6.61 Å². The van der Waals surface area contributed by atoms with Crippen molar-refractivity contribution in [2.24, 2.45) is 0 Å². The topological polar surface area (TPSA) is 42.1 Å². The van der Waals surface area contributed by atoms with Crippen LogP contribution in [0.1, 0.15) is 17.4 Å². The maximum absolute atomic E-state index is 12.7. The molecule has 2 rings (SSSR count). The number of halogens is 1. The molecule has 0 saturated heterocycles. The second kappa shape index (κ2) is 3.42. The summed E-state index contributed by atoms with van der Waals surface area (Å²) in [7, 11) is 0. The normalized spacial score (nSPS) is 10.7. The van der Waals surface area contributed by atoms with Gasteiger partial charge in [0.1, 0.15) is 10.5 Å². The molecule has 0 aromatic carbocycles. The van der Waals surface area contributed by atoms with Crippen molar-refractivity contribution in [3.05, 3.63) is 23.0 Å². The van der Waals surface area contributed by atoms with E-state index >= 15 is 0 Å². The molecule has 5 heteroatoms. The molecule has 14 heavy (non-hydrogen) atoms. The predicted octanol–water partition coefficient (Wildman–Crippen LogP) is 2.55. The molecular formula is C9H8FNO2S. The molecule has 2 aromatic heterocycles. The van der Waals surface area contributed by atoms with Gasteiger partial charge < -0.3 is 9.72 Å². The number of carbonyl (C=O) groups excluding carboxylic acids is 1. The number of carbonyl (C=O) groups is 1. The van der Waals surface area contributed by atoms with Gasteiger partial charge in [0.2, 0.25) is 0 Å². The van der Waals surface area contributed by atoms with Crippen LogP contribution in [-0.4, -0.2) is 17.6 Å². The molecular weight excluding hydrogens is 205 g/mol. The molecule has 1 N–H and O–H groups in total. The van der Waals surface area contributed by atoms with Gasteiger partial charge in [-0.15, -0.1) is 0 Å². The molecule has 0 unspecified atom stereocenters. The van der Waals surface area contributed by atoms with Gasteiger partial charge in [-0.2, -0.15) is 4.39 Å². The first-order valence-electron chi connectivity index (χ1n) is 4.16.